The second-order valence-corrected chi connectivity index (χ2v) is 4.06. The van der Waals surface area contributed by atoms with Crippen LogP contribution in [0.3, 0.4) is 0 Å². The van der Waals surface area contributed by atoms with Crippen molar-refractivity contribution in [1.82, 2.24) is 0 Å². The van der Waals surface area contributed by atoms with Crippen molar-refractivity contribution in [3.63, 3.8) is 0 Å². The number of anilines is 2. The van der Waals surface area contributed by atoms with Crippen LogP contribution in [0.4, 0.5) is 11.4 Å². The van der Waals surface area contributed by atoms with Gasteiger partial charge in [-0.2, -0.15) is 0 Å². The molecule has 0 radical (unpaired) electrons. The third kappa shape index (κ3) is 2.11. The minimum absolute atomic E-state index is 0.202. The summed E-state index contributed by atoms with van der Waals surface area (Å²) in [5.41, 5.74) is 3.67. The van der Waals surface area contributed by atoms with Gasteiger partial charge in [-0.3, -0.25) is 0 Å². The van der Waals surface area contributed by atoms with Crippen molar-refractivity contribution in [2.75, 3.05) is 17.3 Å². The summed E-state index contributed by atoms with van der Waals surface area (Å²) in [5, 5.41) is 3.52. The van der Waals surface area contributed by atoms with E-state index in [0.29, 0.717) is 0 Å². The highest BCUT2D eigenvalue weighted by Gasteiger charge is 2.26. The average molecular weight is 226 g/mol. The zero-order valence-corrected chi connectivity index (χ0v) is 10.4. The number of hydrogen-bond acceptors (Lipinski definition) is 2. The van der Waals surface area contributed by atoms with Gasteiger partial charge in [-0.1, -0.05) is 43.0 Å². The zero-order valence-electron chi connectivity index (χ0n) is 10.4. The fourth-order valence-electron chi connectivity index (χ4n) is 2.12. The third-order valence-electron chi connectivity index (χ3n) is 3.04. The van der Waals surface area contributed by atoms with Crippen LogP contribution >= 0.6 is 0 Å². The van der Waals surface area contributed by atoms with E-state index in [1.807, 2.05) is 6.08 Å². The smallest absolute Gasteiger partial charge is 0.125 e. The summed E-state index contributed by atoms with van der Waals surface area (Å²) in [6.45, 7) is 5.76. The maximum Gasteiger partial charge on any atom is 0.125 e. The molecule has 1 aromatic rings. The lowest BCUT2D eigenvalue weighted by atomic mass is 10.1. The second-order valence-electron chi connectivity index (χ2n) is 4.06. The van der Waals surface area contributed by atoms with Gasteiger partial charge in [0.2, 0.25) is 0 Å². The Morgan fingerprint density at radius 3 is 2.82 bits per heavy atom. The highest BCUT2D eigenvalue weighted by molar-refractivity contribution is 5.77. The predicted octanol–water partition coefficient (Wildman–Crippen LogP) is 3.56. The fourth-order valence-corrected chi connectivity index (χ4v) is 2.12. The van der Waals surface area contributed by atoms with Crippen molar-refractivity contribution in [1.29, 1.82) is 0 Å². The zero-order chi connectivity index (χ0) is 12.3. The minimum Gasteiger partial charge on any atom is -0.360 e. The first-order chi connectivity index (χ1) is 8.27. The number of hydrogen-bond donors (Lipinski definition) is 1. The molecule has 1 aliphatic heterocycles. The maximum atomic E-state index is 3.70. The van der Waals surface area contributed by atoms with Crippen molar-refractivity contribution in [2.24, 2.45) is 0 Å². The van der Waals surface area contributed by atoms with E-state index in [9.17, 15) is 0 Å². The third-order valence-corrected chi connectivity index (χ3v) is 3.04. The van der Waals surface area contributed by atoms with Gasteiger partial charge in [0.1, 0.15) is 6.17 Å². The Bertz CT molecular complexity index is 472. The molecule has 1 N–H and O–H groups in total. The van der Waals surface area contributed by atoms with Gasteiger partial charge < -0.3 is 10.2 Å². The molecule has 88 valence electrons. The van der Waals surface area contributed by atoms with E-state index in [1.54, 1.807) is 6.08 Å². The highest BCUT2D eigenvalue weighted by Crippen LogP contribution is 2.35. The summed E-state index contributed by atoms with van der Waals surface area (Å²) in [6, 6.07) is 8.36. The second kappa shape index (κ2) is 4.91. The van der Waals surface area contributed by atoms with Gasteiger partial charge in [-0.05, 0) is 24.6 Å². The van der Waals surface area contributed by atoms with E-state index in [-0.39, 0.29) is 6.17 Å². The molecule has 1 aromatic carbocycles. The van der Waals surface area contributed by atoms with E-state index in [1.165, 1.54) is 16.9 Å². The van der Waals surface area contributed by atoms with Crippen molar-refractivity contribution >= 4 is 11.4 Å². The van der Waals surface area contributed by atoms with Gasteiger partial charge in [0, 0.05) is 7.05 Å². The first-order valence-electron chi connectivity index (χ1n) is 5.81. The molecule has 1 heterocycles. The summed E-state index contributed by atoms with van der Waals surface area (Å²) in [5.74, 6) is 0. The molecule has 0 fully saturated rings. The number of likely N-dealkylation sites (N-methyl/N-ethyl adjacent to an activating group) is 1. The Hall–Kier alpha value is -1.96. The van der Waals surface area contributed by atoms with Gasteiger partial charge in [0.05, 0.1) is 11.4 Å². The standard InChI is InChI=1S/C15H18N2/c1-4-6-9-12(5-2)15-16-13-10-7-8-11-14(13)17(15)3/h4-11,15-16H,1H2,2-3H3/b9-6-,12-5+. The molecular weight excluding hydrogens is 208 g/mol. The molecule has 0 saturated heterocycles. The van der Waals surface area contributed by atoms with Gasteiger partial charge in [0.25, 0.3) is 0 Å². The molecule has 1 unspecified atom stereocenters. The fraction of sp³-hybridized carbons (Fsp3) is 0.200. The van der Waals surface area contributed by atoms with Crippen LogP contribution in [0.5, 0.6) is 0 Å². The quantitative estimate of drug-likeness (QED) is 0.793. The van der Waals surface area contributed by atoms with Crippen LogP contribution in [-0.2, 0) is 0 Å². The van der Waals surface area contributed by atoms with Crippen LogP contribution in [0.1, 0.15) is 6.92 Å². The lowest BCUT2D eigenvalue weighted by molar-refractivity contribution is 0.847. The molecule has 0 aromatic heterocycles. The van der Waals surface area contributed by atoms with Crippen molar-refractivity contribution in [3.8, 4) is 0 Å². The molecule has 17 heavy (non-hydrogen) atoms. The van der Waals surface area contributed by atoms with E-state index >= 15 is 0 Å². The Labute approximate surface area is 103 Å². The molecule has 2 rings (SSSR count). The van der Waals surface area contributed by atoms with Crippen molar-refractivity contribution in [3.05, 3.63) is 60.7 Å². The number of para-hydroxylation sites is 2. The van der Waals surface area contributed by atoms with Crippen LogP contribution in [0.2, 0.25) is 0 Å². The predicted molar refractivity (Wildman–Crippen MR) is 75.3 cm³/mol. The molecule has 0 saturated carbocycles. The number of nitrogens with one attached hydrogen (secondary N) is 1. The van der Waals surface area contributed by atoms with E-state index in [4.69, 9.17) is 0 Å². The molecular formula is C15H18N2. The minimum atomic E-state index is 0.202. The van der Waals surface area contributed by atoms with Crippen molar-refractivity contribution < 1.29 is 0 Å². The number of fused-ring (bicyclic) bond motifs is 1. The topological polar surface area (TPSA) is 15.3 Å². The largest absolute Gasteiger partial charge is 0.360 e. The molecule has 0 spiro atoms. The van der Waals surface area contributed by atoms with Crippen LogP contribution in [0, 0.1) is 0 Å². The van der Waals surface area contributed by atoms with E-state index in [0.717, 1.165) is 0 Å². The SMILES string of the molecule is C=C/C=C\C(=C/C)C1Nc2ccccc2N1C. The lowest BCUT2D eigenvalue weighted by Gasteiger charge is -2.23. The first-order valence-corrected chi connectivity index (χ1v) is 5.81. The lowest BCUT2D eigenvalue weighted by Crippen LogP contribution is -2.33. The summed E-state index contributed by atoms with van der Waals surface area (Å²) in [4.78, 5) is 2.25. The molecule has 0 amide bonds. The summed E-state index contributed by atoms with van der Waals surface area (Å²) >= 11 is 0. The first kappa shape index (κ1) is 11.5. The Kier molecular flexibility index (Phi) is 3.33. The van der Waals surface area contributed by atoms with Gasteiger partial charge in [-0.15, -0.1) is 0 Å². The number of rotatable bonds is 3. The Morgan fingerprint density at radius 2 is 2.18 bits per heavy atom. The molecule has 2 nitrogen and oxygen atoms in total. The summed E-state index contributed by atoms with van der Waals surface area (Å²) in [7, 11) is 2.11. The average Bonchev–Trinajstić information content (AvgIpc) is 2.69. The summed E-state index contributed by atoms with van der Waals surface area (Å²) < 4.78 is 0. The number of nitrogens with zero attached hydrogens (tertiary/aromatic N) is 1. The van der Waals surface area contributed by atoms with Crippen LogP contribution in [0.15, 0.2) is 60.7 Å². The summed E-state index contributed by atoms with van der Waals surface area (Å²) in [6.07, 6.45) is 8.18. The Morgan fingerprint density at radius 1 is 1.41 bits per heavy atom. The van der Waals surface area contributed by atoms with Crippen LogP contribution in [-0.4, -0.2) is 13.2 Å². The maximum absolute atomic E-state index is 3.70. The highest BCUT2D eigenvalue weighted by atomic mass is 15.3. The number of allylic oxidation sites excluding steroid dienone is 3. The van der Waals surface area contributed by atoms with Crippen LogP contribution < -0.4 is 10.2 Å². The molecule has 0 aliphatic carbocycles. The van der Waals surface area contributed by atoms with Gasteiger partial charge in [-0.25, -0.2) is 0 Å². The van der Waals surface area contributed by atoms with E-state index in [2.05, 4.69) is 67.2 Å². The normalized spacial score (nSPS) is 19.3. The Balaban J connectivity index is 2.27. The number of benzene rings is 1. The molecule has 2 heteroatoms. The van der Waals surface area contributed by atoms with Crippen molar-refractivity contribution in [2.45, 2.75) is 13.1 Å². The van der Waals surface area contributed by atoms with E-state index < -0.39 is 0 Å². The monoisotopic (exact) mass is 226 g/mol. The molecule has 1 atom stereocenters. The van der Waals surface area contributed by atoms with Gasteiger partial charge >= 0.3 is 0 Å². The molecule has 1 aliphatic rings. The van der Waals surface area contributed by atoms with Gasteiger partial charge in [0.15, 0.2) is 0 Å². The molecule has 0 bridgehead atoms. The van der Waals surface area contributed by atoms with Crippen LogP contribution in [0.25, 0.3) is 0 Å².